The molecule has 0 radical (unpaired) electrons. The van der Waals surface area contributed by atoms with Crippen LogP contribution in [-0.2, 0) is 19.9 Å². The summed E-state index contributed by atoms with van der Waals surface area (Å²) in [5.41, 5.74) is 3.34. The summed E-state index contributed by atoms with van der Waals surface area (Å²) < 4.78 is 52.6. The molecule has 4 aromatic carbocycles. The van der Waals surface area contributed by atoms with Crippen molar-refractivity contribution in [3.63, 3.8) is 0 Å². The molecule has 0 bridgehead atoms. The Bertz CT molecular complexity index is 2000. The van der Waals surface area contributed by atoms with Gasteiger partial charge in [0, 0.05) is 55.3 Å². The number of nitrogens with zero attached hydrogens (tertiary/aromatic N) is 3. The fraction of sp³-hybridized carbons (Fsp3) is 0.156. The predicted molar refractivity (Wildman–Crippen MR) is 164 cm³/mol. The second-order valence-corrected chi connectivity index (χ2v) is 14.1. The molecule has 42 heavy (non-hydrogen) atoms. The van der Waals surface area contributed by atoms with Crippen LogP contribution >= 0.6 is 0 Å². The zero-order valence-electron chi connectivity index (χ0n) is 22.9. The maximum atomic E-state index is 13.8. The number of sulfone groups is 1. The van der Waals surface area contributed by atoms with E-state index in [0.29, 0.717) is 42.8 Å². The highest BCUT2D eigenvalue weighted by Crippen LogP contribution is 2.32. The number of benzene rings is 4. The van der Waals surface area contributed by atoms with E-state index in [4.69, 9.17) is 0 Å². The van der Waals surface area contributed by atoms with Gasteiger partial charge in [0.25, 0.3) is 15.9 Å². The van der Waals surface area contributed by atoms with E-state index in [1.807, 2.05) is 48.5 Å². The fourth-order valence-electron chi connectivity index (χ4n) is 5.44. The van der Waals surface area contributed by atoms with Crippen LogP contribution in [0.5, 0.6) is 0 Å². The number of carbonyl (C=O) groups is 1. The molecule has 8 nitrogen and oxygen atoms in total. The van der Waals surface area contributed by atoms with Crippen molar-refractivity contribution in [2.45, 2.75) is 9.79 Å². The van der Waals surface area contributed by atoms with Gasteiger partial charge in [0.2, 0.25) is 0 Å². The van der Waals surface area contributed by atoms with Gasteiger partial charge in [-0.1, -0.05) is 60.7 Å². The molecule has 0 atom stereocenters. The lowest BCUT2D eigenvalue weighted by Crippen LogP contribution is -2.49. The van der Waals surface area contributed by atoms with Crippen molar-refractivity contribution in [3.8, 4) is 11.1 Å². The summed E-state index contributed by atoms with van der Waals surface area (Å²) in [5.74, 6) is -0.225. The molecule has 1 fully saturated rings. The number of carbonyl (C=O) groups excluding carboxylic acids is 1. The van der Waals surface area contributed by atoms with Crippen LogP contribution in [0.1, 0.15) is 10.4 Å². The Labute approximate surface area is 245 Å². The third-order valence-electron chi connectivity index (χ3n) is 7.62. The van der Waals surface area contributed by atoms with Gasteiger partial charge in [-0.05, 0) is 53.6 Å². The van der Waals surface area contributed by atoms with E-state index in [1.165, 1.54) is 16.1 Å². The molecule has 5 aromatic rings. The summed E-state index contributed by atoms with van der Waals surface area (Å²) in [6.07, 6.45) is 2.71. The topological polar surface area (TPSA) is 96.8 Å². The second-order valence-electron chi connectivity index (χ2n) is 10.3. The summed E-state index contributed by atoms with van der Waals surface area (Å²) in [5, 5.41) is 0.809. The highest BCUT2D eigenvalue weighted by Gasteiger charge is 2.27. The number of fused-ring (bicyclic) bond motifs is 1. The van der Waals surface area contributed by atoms with Crippen molar-refractivity contribution < 1.29 is 21.6 Å². The Kier molecular flexibility index (Phi) is 7.12. The molecule has 1 amide bonds. The molecule has 0 saturated carbocycles. The normalized spacial score (nSPS) is 14.3. The van der Waals surface area contributed by atoms with Gasteiger partial charge in [-0.25, -0.2) is 20.8 Å². The minimum Gasteiger partial charge on any atom is -0.367 e. The number of amides is 1. The summed E-state index contributed by atoms with van der Waals surface area (Å²) >= 11 is 0. The number of hydrogen-bond donors (Lipinski definition) is 0. The maximum Gasteiger partial charge on any atom is 0.268 e. The molecular weight excluding hydrogens is 571 g/mol. The van der Waals surface area contributed by atoms with Crippen LogP contribution in [0.15, 0.2) is 119 Å². The third-order valence-corrected chi connectivity index (χ3v) is 10.4. The van der Waals surface area contributed by atoms with E-state index in [-0.39, 0.29) is 15.7 Å². The minimum absolute atomic E-state index is 0.103. The SMILES string of the molecule is CS(=O)(=O)c1ccc(-c2ccccc2)c(C(=O)N2CCN(c3cccc4c3ccn4S(=O)(=O)c3ccccc3)CC2)c1. The maximum absolute atomic E-state index is 13.8. The van der Waals surface area contributed by atoms with E-state index in [2.05, 4.69) is 4.90 Å². The average Bonchev–Trinajstić information content (AvgIpc) is 3.46. The number of rotatable bonds is 6. The predicted octanol–water partition coefficient (Wildman–Crippen LogP) is 4.91. The third kappa shape index (κ3) is 5.08. The summed E-state index contributed by atoms with van der Waals surface area (Å²) in [6, 6.07) is 29.9. The van der Waals surface area contributed by atoms with Gasteiger partial charge in [-0.3, -0.25) is 4.79 Å². The smallest absolute Gasteiger partial charge is 0.268 e. The highest BCUT2D eigenvalue weighted by molar-refractivity contribution is 7.90. The van der Waals surface area contributed by atoms with Crippen molar-refractivity contribution in [2.24, 2.45) is 0 Å². The first-order valence-corrected chi connectivity index (χ1v) is 16.8. The van der Waals surface area contributed by atoms with Crippen molar-refractivity contribution in [2.75, 3.05) is 37.3 Å². The molecule has 10 heteroatoms. The van der Waals surface area contributed by atoms with Crippen LogP contribution < -0.4 is 4.90 Å². The zero-order valence-corrected chi connectivity index (χ0v) is 24.6. The molecule has 1 aromatic heterocycles. The molecule has 0 spiro atoms. The summed E-state index contributed by atoms with van der Waals surface area (Å²) in [4.78, 5) is 18.0. The lowest BCUT2D eigenvalue weighted by Gasteiger charge is -2.36. The van der Waals surface area contributed by atoms with Crippen molar-refractivity contribution in [1.82, 2.24) is 8.87 Å². The molecule has 1 saturated heterocycles. The Hall–Kier alpha value is -4.41. The average molecular weight is 600 g/mol. The zero-order chi connectivity index (χ0) is 29.5. The number of aromatic nitrogens is 1. The molecule has 0 unspecified atom stereocenters. The van der Waals surface area contributed by atoms with Gasteiger partial charge in [0.1, 0.15) is 0 Å². The van der Waals surface area contributed by atoms with E-state index >= 15 is 0 Å². The molecule has 214 valence electrons. The Morgan fingerprint density at radius 1 is 0.690 bits per heavy atom. The first-order valence-electron chi connectivity index (χ1n) is 13.5. The van der Waals surface area contributed by atoms with Crippen molar-refractivity contribution >= 4 is 42.4 Å². The van der Waals surface area contributed by atoms with E-state index in [0.717, 1.165) is 22.9 Å². The Morgan fingerprint density at radius 2 is 1.36 bits per heavy atom. The van der Waals surface area contributed by atoms with Crippen LogP contribution in [0.4, 0.5) is 5.69 Å². The number of anilines is 1. The fourth-order valence-corrected chi connectivity index (χ4v) is 7.45. The molecule has 0 aliphatic carbocycles. The van der Waals surface area contributed by atoms with Crippen LogP contribution in [0.2, 0.25) is 0 Å². The van der Waals surface area contributed by atoms with Crippen LogP contribution in [-0.4, -0.2) is 64.0 Å². The molecule has 1 aliphatic rings. The van der Waals surface area contributed by atoms with Gasteiger partial charge in [-0.15, -0.1) is 0 Å². The minimum atomic E-state index is -3.76. The van der Waals surface area contributed by atoms with Gasteiger partial charge in [0.15, 0.2) is 9.84 Å². The van der Waals surface area contributed by atoms with Gasteiger partial charge in [-0.2, -0.15) is 0 Å². The Morgan fingerprint density at radius 3 is 2.02 bits per heavy atom. The Balaban J connectivity index is 1.27. The summed E-state index contributed by atoms with van der Waals surface area (Å²) in [6.45, 7) is 1.92. The van der Waals surface area contributed by atoms with Crippen LogP contribution in [0, 0.1) is 0 Å². The largest absolute Gasteiger partial charge is 0.367 e. The van der Waals surface area contributed by atoms with Crippen molar-refractivity contribution in [1.29, 1.82) is 0 Å². The van der Waals surface area contributed by atoms with Gasteiger partial charge in [0.05, 0.1) is 15.3 Å². The van der Waals surface area contributed by atoms with E-state index in [1.54, 1.807) is 53.6 Å². The van der Waals surface area contributed by atoms with E-state index < -0.39 is 19.9 Å². The lowest BCUT2D eigenvalue weighted by atomic mass is 9.98. The standard InChI is InChI=1S/C32H29N3O5S2/c1-41(37,38)26-15-16-27(24-9-4-2-5-10-24)29(23-26)32(36)34-21-19-33(20-22-34)30-13-8-14-31-28(30)17-18-35(31)42(39,40)25-11-6-3-7-12-25/h2-18,23H,19-22H2,1H3. The lowest BCUT2D eigenvalue weighted by molar-refractivity contribution is 0.0747. The van der Waals surface area contributed by atoms with Crippen molar-refractivity contribution in [3.05, 3.63) is 115 Å². The van der Waals surface area contributed by atoms with E-state index in [9.17, 15) is 21.6 Å². The van der Waals surface area contributed by atoms with Gasteiger partial charge < -0.3 is 9.80 Å². The highest BCUT2D eigenvalue weighted by atomic mass is 32.2. The summed E-state index contributed by atoms with van der Waals surface area (Å²) in [7, 11) is -7.26. The first-order chi connectivity index (χ1) is 20.1. The molecule has 1 aliphatic heterocycles. The number of hydrogen-bond acceptors (Lipinski definition) is 6. The first kappa shape index (κ1) is 27.7. The van der Waals surface area contributed by atoms with Gasteiger partial charge >= 0.3 is 0 Å². The molecule has 6 rings (SSSR count). The molecule has 2 heterocycles. The van der Waals surface area contributed by atoms with Crippen LogP contribution in [0.25, 0.3) is 22.0 Å². The quantitative estimate of drug-likeness (QED) is 0.275. The molecule has 0 N–H and O–H groups in total. The van der Waals surface area contributed by atoms with Crippen LogP contribution in [0.3, 0.4) is 0 Å². The second kappa shape index (κ2) is 10.8. The number of piperazine rings is 1. The molecular formula is C32H29N3O5S2. The monoisotopic (exact) mass is 599 g/mol.